The molecule has 0 aliphatic carbocycles. The molecule has 2 aromatic rings. The van der Waals surface area contributed by atoms with Gasteiger partial charge < -0.3 is 10.2 Å². The molecule has 0 radical (unpaired) electrons. The Morgan fingerprint density at radius 2 is 1.54 bits per heavy atom. The first-order valence-electron chi connectivity index (χ1n) is 7.42. The molecule has 6 nitrogen and oxygen atoms in total. The Kier molecular flexibility index (Phi) is 4.78. The van der Waals surface area contributed by atoms with Gasteiger partial charge in [-0.1, -0.05) is 18.2 Å². The van der Waals surface area contributed by atoms with Crippen molar-refractivity contribution in [3.05, 3.63) is 59.7 Å². The van der Waals surface area contributed by atoms with Gasteiger partial charge in [0.25, 0.3) is 11.8 Å². The third-order valence-electron chi connectivity index (χ3n) is 3.35. The molecule has 0 heterocycles. The van der Waals surface area contributed by atoms with Crippen LogP contribution in [-0.4, -0.2) is 32.6 Å². The van der Waals surface area contributed by atoms with Gasteiger partial charge in [0.15, 0.2) is 11.5 Å². The van der Waals surface area contributed by atoms with E-state index in [-0.39, 0.29) is 11.3 Å². The lowest BCUT2D eigenvalue weighted by Gasteiger charge is -2.35. The van der Waals surface area contributed by atoms with Crippen LogP contribution in [0.4, 0.5) is 0 Å². The van der Waals surface area contributed by atoms with E-state index in [1.54, 1.807) is 51.1 Å². The quantitative estimate of drug-likeness (QED) is 0.584. The van der Waals surface area contributed by atoms with Gasteiger partial charge in [-0.3, -0.25) is 15.0 Å². The first-order valence-corrected chi connectivity index (χ1v) is 7.42. The lowest BCUT2D eigenvalue weighted by atomic mass is 10.1. The van der Waals surface area contributed by atoms with Crippen molar-refractivity contribution >= 4 is 11.8 Å². The highest BCUT2D eigenvalue weighted by Gasteiger charge is 2.30. The Labute approximate surface area is 140 Å². The molecule has 126 valence electrons. The van der Waals surface area contributed by atoms with Gasteiger partial charge in [0, 0.05) is 11.1 Å². The van der Waals surface area contributed by atoms with Crippen molar-refractivity contribution in [1.82, 2.24) is 10.4 Å². The van der Waals surface area contributed by atoms with Gasteiger partial charge in [-0.2, -0.15) is 0 Å². The number of aromatic hydroxyl groups is 2. The number of carbonyl (C=O) groups excluding carboxylic acids is 2. The van der Waals surface area contributed by atoms with E-state index in [2.05, 4.69) is 5.43 Å². The second kappa shape index (κ2) is 6.62. The molecular weight excluding hydrogens is 308 g/mol. The number of benzene rings is 2. The average molecular weight is 328 g/mol. The predicted octanol–water partition coefficient (Wildman–Crippen LogP) is 2.68. The van der Waals surface area contributed by atoms with E-state index < -0.39 is 23.1 Å². The highest BCUT2D eigenvalue weighted by Crippen LogP contribution is 2.26. The smallest absolute Gasteiger partial charge is 0.272 e. The van der Waals surface area contributed by atoms with Crippen LogP contribution in [-0.2, 0) is 0 Å². The number of nitrogens with zero attached hydrogens (tertiary/aromatic N) is 1. The summed E-state index contributed by atoms with van der Waals surface area (Å²) in [4.78, 5) is 25.1. The largest absolute Gasteiger partial charge is 0.504 e. The van der Waals surface area contributed by atoms with Gasteiger partial charge in [-0.05, 0) is 51.1 Å². The summed E-state index contributed by atoms with van der Waals surface area (Å²) in [6, 6.07) is 12.3. The second-order valence-corrected chi connectivity index (χ2v) is 6.32. The topological polar surface area (TPSA) is 89.9 Å². The maximum absolute atomic E-state index is 12.7. The van der Waals surface area contributed by atoms with Gasteiger partial charge in [0.1, 0.15) is 0 Å². The SMILES string of the molecule is CC(C)(C)N(NC(=O)c1ccccc1)C(=O)c1ccc(O)c(O)c1. The minimum atomic E-state index is -0.699. The lowest BCUT2D eigenvalue weighted by molar-refractivity contribution is 0.0358. The molecule has 0 unspecified atom stereocenters. The van der Waals surface area contributed by atoms with Crippen LogP contribution < -0.4 is 5.43 Å². The Hall–Kier alpha value is -3.02. The Bertz CT molecular complexity index is 751. The Morgan fingerprint density at radius 1 is 0.917 bits per heavy atom. The molecule has 0 bridgehead atoms. The summed E-state index contributed by atoms with van der Waals surface area (Å²) in [6.45, 7) is 5.32. The van der Waals surface area contributed by atoms with Crippen molar-refractivity contribution in [3.8, 4) is 11.5 Å². The molecule has 3 N–H and O–H groups in total. The molecular formula is C18H20N2O4. The van der Waals surface area contributed by atoms with Crippen molar-refractivity contribution < 1.29 is 19.8 Å². The number of phenolic OH excluding ortho intramolecular Hbond substituents is 2. The van der Waals surface area contributed by atoms with E-state index >= 15 is 0 Å². The van der Waals surface area contributed by atoms with Gasteiger partial charge in [0.05, 0.1) is 5.54 Å². The molecule has 0 aromatic heterocycles. The fourth-order valence-electron chi connectivity index (χ4n) is 2.06. The van der Waals surface area contributed by atoms with Gasteiger partial charge in [0.2, 0.25) is 0 Å². The van der Waals surface area contributed by atoms with Crippen molar-refractivity contribution in [3.63, 3.8) is 0 Å². The zero-order valence-corrected chi connectivity index (χ0v) is 13.8. The van der Waals surface area contributed by atoms with Gasteiger partial charge in [-0.25, -0.2) is 5.01 Å². The van der Waals surface area contributed by atoms with E-state index in [4.69, 9.17) is 0 Å². The van der Waals surface area contributed by atoms with E-state index in [1.165, 1.54) is 17.1 Å². The van der Waals surface area contributed by atoms with Gasteiger partial charge in [-0.15, -0.1) is 0 Å². The number of rotatable bonds is 2. The van der Waals surface area contributed by atoms with Crippen molar-refractivity contribution in [2.45, 2.75) is 26.3 Å². The van der Waals surface area contributed by atoms with Crippen molar-refractivity contribution in [1.29, 1.82) is 0 Å². The summed E-state index contributed by atoms with van der Waals surface area (Å²) >= 11 is 0. The summed E-state index contributed by atoms with van der Waals surface area (Å²) in [5, 5.41) is 20.2. The molecule has 6 heteroatoms. The number of hydrazine groups is 1. The Morgan fingerprint density at radius 3 is 2.08 bits per heavy atom. The molecule has 0 fully saturated rings. The maximum atomic E-state index is 12.7. The Balaban J connectivity index is 2.30. The number of carbonyl (C=O) groups is 2. The molecule has 2 amide bonds. The van der Waals surface area contributed by atoms with Crippen LogP contribution in [0.2, 0.25) is 0 Å². The zero-order chi connectivity index (χ0) is 17.9. The lowest BCUT2D eigenvalue weighted by Crippen LogP contribution is -2.55. The van der Waals surface area contributed by atoms with Crippen LogP contribution >= 0.6 is 0 Å². The van der Waals surface area contributed by atoms with Crippen LogP contribution in [0, 0.1) is 0 Å². The minimum Gasteiger partial charge on any atom is -0.504 e. The number of nitrogens with one attached hydrogen (secondary N) is 1. The summed E-state index contributed by atoms with van der Waals surface area (Å²) in [7, 11) is 0. The van der Waals surface area contributed by atoms with E-state index in [0.717, 1.165) is 6.07 Å². The maximum Gasteiger partial charge on any atom is 0.272 e. The van der Waals surface area contributed by atoms with Crippen LogP contribution in [0.1, 0.15) is 41.5 Å². The van der Waals surface area contributed by atoms with E-state index in [1.807, 2.05) is 0 Å². The first kappa shape index (κ1) is 17.3. The zero-order valence-electron chi connectivity index (χ0n) is 13.8. The molecule has 2 aromatic carbocycles. The summed E-state index contributed by atoms with van der Waals surface area (Å²) < 4.78 is 0. The first-order chi connectivity index (χ1) is 11.2. The predicted molar refractivity (Wildman–Crippen MR) is 89.6 cm³/mol. The van der Waals surface area contributed by atoms with Crippen molar-refractivity contribution in [2.75, 3.05) is 0 Å². The highest BCUT2D eigenvalue weighted by atomic mass is 16.3. The molecule has 0 saturated carbocycles. The molecule has 0 aliphatic heterocycles. The van der Waals surface area contributed by atoms with Gasteiger partial charge >= 0.3 is 0 Å². The number of amides is 2. The second-order valence-electron chi connectivity index (χ2n) is 6.32. The molecule has 0 aliphatic rings. The van der Waals surface area contributed by atoms with Crippen LogP contribution in [0.5, 0.6) is 11.5 Å². The standard InChI is InChI=1S/C18H20N2O4/c1-18(2,3)20(19-16(23)12-7-5-4-6-8-12)17(24)13-9-10-14(21)15(22)11-13/h4-11,21-22H,1-3H3,(H,19,23). The summed E-state index contributed by atoms with van der Waals surface area (Å²) in [5.41, 5.74) is 2.48. The van der Waals surface area contributed by atoms with Crippen molar-refractivity contribution in [2.24, 2.45) is 0 Å². The summed E-state index contributed by atoms with van der Waals surface area (Å²) in [5.74, 6) is -1.63. The van der Waals surface area contributed by atoms with Crippen LogP contribution in [0.3, 0.4) is 0 Å². The molecule has 0 saturated heterocycles. The van der Waals surface area contributed by atoms with E-state index in [0.29, 0.717) is 5.56 Å². The van der Waals surface area contributed by atoms with Crippen LogP contribution in [0.15, 0.2) is 48.5 Å². The fourth-order valence-corrected chi connectivity index (χ4v) is 2.06. The number of phenols is 2. The monoisotopic (exact) mass is 328 g/mol. The minimum absolute atomic E-state index is 0.147. The van der Waals surface area contributed by atoms with E-state index in [9.17, 15) is 19.8 Å². The summed E-state index contributed by atoms with van der Waals surface area (Å²) in [6.07, 6.45) is 0. The molecule has 0 spiro atoms. The molecule has 2 rings (SSSR count). The molecule has 24 heavy (non-hydrogen) atoms. The fraction of sp³-hybridized carbons (Fsp3) is 0.222. The number of hydrogen-bond donors (Lipinski definition) is 3. The molecule has 0 atom stereocenters. The average Bonchev–Trinajstić information content (AvgIpc) is 2.54. The third kappa shape index (κ3) is 3.84. The highest BCUT2D eigenvalue weighted by molar-refractivity contribution is 5.99. The normalized spacial score (nSPS) is 11.0. The van der Waals surface area contributed by atoms with Crippen LogP contribution in [0.25, 0.3) is 0 Å². The third-order valence-corrected chi connectivity index (χ3v) is 3.35. The number of hydrogen-bond acceptors (Lipinski definition) is 4.